The number of thiophene rings is 2. The van der Waals surface area contributed by atoms with Crippen LogP contribution in [0.2, 0.25) is 0 Å². The highest BCUT2D eigenvalue weighted by Crippen LogP contribution is 2.41. The molecule has 0 fully saturated rings. The molecule has 1 amide bonds. The highest BCUT2D eigenvalue weighted by Gasteiger charge is 2.31. The van der Waals surface area contributed by atoms with Gasteiger partial charge in [0.2, 0.25) is 11.7 Å². The number of carbonyl (C=O) groups excluding carboxylic acids is 1. The molecule has 2 aromatic heterocycles. The van der Waals surface area contributed by atoms with Gasteiger partial charge in [-0.25, -0.2) is 0 Å². The molecule has 1 aliphatic rings. The van der Waals surface area contributed by atoms with E-state index in [4.69, 9.17) is 14.2 Å². The summed E-state index contributed by atoms with van der Waals surface area (Å²) in [4.78, 5) is 17.9. The summed E-state index contributed by atoms with van der Waals surface area (Å²) < 4.78 is 16.1. The highest BCUT2D eigenvalue weighted by atomic mass is 32.1. The quantitative estimate of drug-likeness (QED) is 0.585. The lowest BCUT2D eigenvalue weighted by Crippen LogP contribution is -2.40. The van der Waals surface area contributed by atoms with E-state index in [2.05, 4.69) is 39.2 Å². The second-order valence-corrected chi connectivity index (χ2v) is 8.88. The normalized spacial score (nSPS) is 16.0. The van der Waals surface area contributed by atoms with E-state index in [1.165, 1.54) is 15.3 Å². The Balaban J connectivity index is 1.54. The SMILES string of the molecule is COc1cc(NC(=O)CN2CCc3sccc3[C@@H]2c2cccs2)cc(OC)c1OC. The van der Waals surface area contributed by atoms with Crippen LogP contribution in [-0.2, 0) is 11.2 Å². The Morgan fingerprint density at radius 1 is 1.10 bits per heavy atom. The molecule has 3 aromatic rings. The molecule has 1 atom stereocenters. The van der Waals surface area contributed by atoms with E-state index in [-0.39, 0.29) is 11.9 Å². The minimum atomic E-state index is -0.0792. The summed E-state index contributed by atoms with van der Waals surface area (Å²) in [5, 5.41) is 7.21. The van der Waals surface area contributed by atoms with Gasteiger partial charge >= 0.3 is 0 Å². The van der Waals surface area contributed by atoms with Crippen LogP contribution in [0.1, 0.15) is 21.4 Å². The molecular formula is C22H24N2O4S2. The highest BCUT2D eigenvalue weighted by molar-refractivity contribution is 7.10. The zero-order chi connectivity index (χ0) is 21.1. The standard InChI is InChI=1S/C22H24N2O4S2/c1-26-16-11-14(12-17(27-2)22(16)28-3)23-20(25)13-24-8-6-18-15(7-10-30-18)21(24)19-5-4-9-29-19/h4-5,7,9-12,21H,6,8,13H2,1-3H3,(H,23,25)/t21-/m1/s1. The monoisotopic (exact) mass is 444 g/mol. The van der Waals surface area contributed by atoms with Crippen LogP contribution in [0.15, 0.2) is 41.1 Å². The number of amides is 1. The van der Waals surface area contributed by atoms with Crippen molar-refractivity contribution in [2.45, 2.75) is 12.5 Å². The summed E-state index contributed by atoms with van der Waals surface area (Å²) in [6.45, 7) is 1.15. The first-order valence-corrected chi connectivity index (χ1v) is 11.3. The number of fused-ring (bicyclic) bond motifs is 1. The Labute approximate surface area is 184 Å². The van der Waals surface area contributed by atoms with Crippen molar-refractivity contribution in [2.75, 3.05) is 39.7 Å². The van der Waals surface area contributed by atoms with Crippen molar-refractivity contribution in [2.24, 2.45) is 0 Å². The average Bonchev–Trinajstić information content (AvgIpc) is 3.44. The molecule has 0 saturated heterocycles. The average molecular weight is 445 g/mol. The number of hydrogen-bond donors (Lipinski definition) is 1. The molecule has 0 aliphatic carbocycles. The van der Waals surface area contributed by atoms with Crippen molar-refractivity contribution in [3.63, 3.8) is 0 Å². The summed E-state index contributed by atoms with van der Waals surface area (Å²) in [5.74, 6) is 1.43. The lowest BCUT2D eigenvalue weighted by atomic mass is 9.98. The molecular weight excluding hydrogens is 420 g/mol. The number of nitrogens with one attached hydrogen (secondary N) is 1. The molecule has 0 radical (unpaired) electrons. The summed E-state index contributed by atoms with van der Waals surface area (Å²) in [7, 11) is 4.67. The lowest BCUT2D eigenvalue weighted by molar-refractivity contribution is -0.117. The number of hydrogen-bond acceptors (Lipinski definition) is 7. The van der Waals surface area contributed by atoms with Crippen LogP contribution >= 0.6 is 22.7 Å². The summed E-state index contributed by atoms with van der Waals surface area (Å²) >= 11 is 3.53. The van der Waals surface area contributed by atoms with Crippen molar-refractivity contribution in [1.82, 2.24) is 4.90 Å². The second kappa shape index (κ2) is 9.07. The number of nitrogens with zero attached hydrogens (tertiary/aromatic N) is 1. The minimum Gasteiger partial charge on any atom is -0.493 e. The number of ether oxygens (including phenoxy) is 3. The van der Waals surface area contributed by atoms with Gasteiger partial charge in [0.05, 0.1) is 33.9 Å². The lowest BCUT2D eigenvalue weighted by Gasteiger charge is -2.34. The first-order chi connectivity index (χ1) is 14.6. The molecule has 1 aliphatic heterocycles. The second-order valence-electron chi connectivity index (χ2n) is 6.90. The van der Waals surface area contributed by atoms with Crippen LogP contribution in [0.3, 0.4) is 0 Å². The molecule has 6 nitrogen and oxygen atoms in total. The molecule has 4 rings (SSSR count). The molecule has 1 N–H and O–H groups in total. The third kappa shape index (κ3) is 4.03. The Morgan fingerprint density at radius 3 is 2.50 bits per heavy atom. The fourth-order valence-corrected chi connectivity index (χ4v) is 5.64. The first-order valence-electron chi connectivity index (χ1n) is 9.58. The minimum absolute atomic E-state index is 0.0792. The van der Waals surface area contributed by atoms with Crippen molar-refractivity contribution < 1.29 is 19.0 Å². The van der Waals surface area contributed by atoms with Crippen LogP contribution in [0.4, 0.5) is 5.69 Å². The zero-order valence-electron chi connectivity index (χ0n) is 17.1. The van der Waals surface area contributed by atoms with Gasteiger partial charge in [-0.3, -0.25) is 9.69 Å². The van der Waals surface area contributed by atoms with Gasteiger partial charge in [0.25, 0.3) is 0 Å². The summed E-state index contributed by atoms with van der Waals surface area (Å²) in [5.41, 5.74) is 1.92. The van der Waals surface area contributed by atoms with Crippen molar-refractivity contribution in [3.8, 4) is 17.2 Å². The Kier molecular flexibility index (Phi) is 6.26. The van der Waals surface area contributed by atoms with E-state index in [1.807, 2.05) is 0 Å². The van der Waals surface area contributed by atoms with Crippen LogP contribution in [0.25, 0.3) is 0 Å². The zero-order valence-corrected chi connectivity index (χ0v) is 18.8. The molecule has 8 heteroatoms. The van der Waals surface area contributed by atoms with Crippen LogP contribution in [0, 0.1) is 0 Å². The van der Waals surface area contributed by atoms with Gasteiger partial charge in [-0.2, -0.15) is 0 Å². The molecule has 158 valence electrons. The summed E-state index contributed by atoms with van der Waals surface area (Å²) in [6, 6.07) is 9.99. The number of benzene rings is 1. The topological polar surface area (TPSA) is 60.0 Å². The van der Waals surface area contributed by atoms with E-state index in [0.29, 0.717) is 29.5 Å². The maximum Gasteiger partial charge on any atom is 0.238 e. The molecule has 3 heterocycles. The third-order valence-electron chi connectivity index (χ3n) is 5.17. The fraction of sp³-hybridized carbons (Fsp3) is 0.318. The third-order valence-corrected chi connectivity index (χ3v) is 7.09. The summed E-state index contributed by atoms with van der Waals surface area (Å²) in [6.07, 6.45) is 0.965. The van der Waals surface area contributed by atoms with Crippen molar-refractivity contribution >= 4 is 34.3 Å². The number of methoxy groups -OCH3 is 3. The molecule has 1 aromatic carbocycles. The number of rotatable bonds is 7. The van der Waals surface area contributed by atoms with Gasteiger partial charge in [0.15, 0.2) is 11.5 Å². The van der Waals surface area contributed by atoms with E-state index >= 15 is 0 Å². The maximum absolute atomic E-state index is 12.9. The van der Waals surface area contributed by atoms with Crippen LogP contribution in [-0.4, -0.2) is 45.2 Å². The Morgan fingerprint density at radius 2 is 1.87 bits per heavy atom. The van der Waals surface area contributed by atoms with E-state index in [9.17, 15) is 4.79 Å². The van der Waals surface area contributed by atoms with E-state index < -0.39 is 0 Å². The molecule has 0 bridgehead atoms. The fourth-order valence-electron chi connectivity index (χ4n) is 3.86. The molecule has 0 saturated carbocycles. The maximum atomic E-state index is 12.9. The van der Waals surface area contributed by atoms with Gasteiger partial charge in [-0.1, -0.05) is 6.07 Å². The van der Waals surface area contributed by atoms with E-state index in [0.717, 1.165) is 13.0 Å². The van der Waals surface area contributed by atoms with Gasteiger partial charge in [0.1, 0.15) is 0 Å². The van der Waals surface area contributed by atoms with Crippen molar-refractivity contribution in [1.29, 1.82) is 0 Å². The number of anilines is 1. The molecule has 0 spiro atoms. The predicted molar refractivity (Wildman–Crippen MR) is 120 cm³/mol. The molecule has 30 heavy (non-hydrogen) atoms. The molecule has 0 unspecified atom stereocenters. The first kappa shape index (κ1) is 20.7. The van der Waals surface area contributed by atoms with Gasteiger partial charge in [-0.15, -0.1) is 22.7 Å². The van der Waals surface area contributed by atoms with Crippen LogP contribution < -0.4 is 19.5 Å². The van der Waals surface area contributed by atoms with Gasteiger partial charge in [-0.05, 0) is 34.9 Å². The predicted octanol–water partition coefficient (Wildman–Crippen LogP) is 4.42. The Hall–Kier alpha value is -2.55. The van der Waals surface area contributed by atoms with Crippen LogP contribution in [0.5, 0.6) is 17.2 Å². The van der Waals surface area contributed by atoms with Crippen molar-refractivity contribution in [3.05, 3.63) is 56.4 Å². The van der Waals surface area contributed by atoms with Gasteiger partial charge in [0, 0.05) is 34.1 Å². The number of carbonyl (C=O) groups is 1. The smallest absolute Gasteiger partial charge is 0.238 e. The largest absolute Gasteiger partial charge is 0.493 e. The van der Waals surface area contributed by atoms with E-state index in [1.54, 1.807) is 56.1 Å². The Bertz CT molecular complexity index is 991. The van der Waals surface area contributed by atoms with Gasteiger partial charge < -0.3 is 19.5 Å².